The highest BCUT2D eigenvalue weighted by atomic mass is 35.5. The molecule has 2 aromatic carbocycles. The first-order chi connectivity index (χ1) is 9.58. The predicted molar refractivity (Wildman–Crippen MR) is 85.1 cm³/mol. The van der Waals surface area contributed by atoms with E-state index in [9.17, 15) is 5.26 Å². The minimum atomic E-state index is 0.358. The number of nitrogens with zero attached hydrogens (tertiary/aromatic N) is 1. The van der Waals surface area contributed by atoms with Crippen molar-refractivity contribution in [2.75, 3.05) is 5.32 Å². The summed E-state index contributed by atoms with van der Waals surface area (Å²) in [5.41, 5.74) is 1.80. The fourth-order valence-corrected chi connectivity index (χ4v) is 2.25. The summed E-state index contributed by atoms with van der Waals surface area (Å²) in [6.45, 7) is 0. The summed E-state index contributed by atoms with van der Waals surface area (Å²) in [5, 5.41) is 13.8. The first-order valence-electron chi connectivity index (χ1n) is 5.68. The van der Waals surface area contributed by atoms with Crippen LogP contribution >= 0.6 is 34.8 Å². The van der Waals surface area contributed by atoms with Crippen molar-refractivity contribution < 1.29 is 0 Å². The van der Waals surface area contributed by atoms with E-state index in [2.05, 4.69) is 11.4 Å². The van der Waals surface area contributed by atoms with Crippen LogP contribution in [0.3, 0.4) is 0 Å². The molecule has 0 saturated carbocycles. The minimum absolute atomic E-state index is 0.358. The Morgan fingerprint density at radius 3 is 2.45 bits per heavy atom. The van der Waals surface area contributed by atoms with E-state index in [1.807, 2.05) is 6.07 Å². The number of benzene rings is 2. The van der Waals surface area contributed by atoms with Gasteiger partial charge in [0.05, 0.1) is 0 Å². The zero-order valence-electron chi connectivity index (χ0n) is 10.2. The Morgan fingerprint density at radius 1 is 1.05 bits per heavy atom. The Labute approximate surface area is 132 Å². The van der Waals surface area contributed by atoms with Crippen LogP contribution in [0.15, 0.2) is 48.2 Å². The summed E-state index contributed by atoms with van der Waals surface area (Å²) in [6.07, 6.45) is 1.65. The Morgan fingerprint density at radius 2 is 1.80 bits per heavy atom. The first-order valence-corrected chi connectivity index (χ1v) is 6.81. The van der Waals surface area contributed by atoms with Crippen LogP contribution in [0.2, 0.25) is 15.1 Å². The number of nitrogens with one attached hydrogen (secondary N) is 1. The summed E-state index contributed by atoms with van der Waals surface area (Å²) in [6, 6.07) is 14.3. The van der Waals surface area contributed by atoms with E-state index >= 15 is 0 Å². The molecule has 0 saturated heterocycles. The van der Waals surface area contributed by atoms with Gasteiger partial charge < -0.3 is 5.32 Å². The van der Waals surface area contributed by atoms with E-state index in [-0.39, 0.29) is 0 Å². The van der Waals surface area contributed by atoms with Crippen molar-refractivity contribution >= 4 is 46.6 Å². The lowest BCUT2D eigenvalue weighted by atomic mass is 10.2. The molecule has 0 aromatic heterocycles. The van der Waals surface area contributed by atoms with Crippen LogP contribution in [0.5, 0.6) is 0 Å². The maximum Gasteiger partial charge on any atom is 0.118 e. The highest BCUT2D eigenvalue weighted by molar-refractivity contribution is 6.35. The standard InChI is InChI=1S/C15H9Cl3N2/c16-11-2-1-3-13(7-11)20-14(9-19)6-10-4-5-12(17)8-15(10)18/h1-8,20H/b14-6+. The van der Waals surface area contributed by atoms with Gasteiger partial charge >= 0.3 is 0 Å². The minimum Gasteiger partial charge on any atom is -0.347 e. The summed E-state index contributed by atoms with van der Waals surface area (Å²) < 4.78 is 0. The van der Waals surface area contributed by atoms with E-state index in [1.54, 1.807) is 42.5 Å². The van der Waals surface area contributed by atoms with Gasteiger partial charge in [-0.3, -0.25) is 0 Å². The van der Waals surface area contributed by atoms with Crippen molar-refractivity contribution in [1.29, 1.82) is 5.26 Å². The second-order valence-corrected chi connectivity index (χ2v) is 5.25. The van der Waals surface area contributed by atoms with Gasteiger partial charge in [-0.15, -0.1) is 0 Å². The van der Waals surface area contributed by atoms with Crippen molar-refractivity contribution in [1.82, 2.24) is 0 Å². The quantitative estimate of drug-likeness (QED) is 0.744. The van der Waals surface area contributed by atoms with E-state index in [1.165, 1.54) is 0 Å². The molecular weight excluding hydrogens is 315 g/mol. The first kappa shape index (κ1) is 14.7. The third-order valence-electron chi connectivity index (χ3n) is 2.49. The monoisotopic (exact) mass is 322 g/mol. The molecule has 2 rings (SSSR count). The Bertz CT molecular complexity index is 703. The van der Waals surface area contributed by atoms with Gasteiger partial charge in [0, 0.05) is 20.8 Å². The van der Waals surface area contributed by atoms with Crippen LogP contribution in [0.25, 0.3) is 6.08 Å². The molecule has 0 aliphatic rings. The van der Waals surface area contributed by atoms with E-state index in [0.717, 1.165) is 5.69 Å². The molecule has 100 valence electrons. The Kier molecular flexibility index (Phi) is 4.92. The maximum absolute atomic E-state index is 9.18. The SMILES string of the molecule is N#C/C(=C\c1ccc(Cl)cc1Cl)Nc1cccc(Cl)c1. The van der Waals surface area contributed by atoms with Gasteiger partial charge in [0.1, 0.15) is 11.8 Å². The second kappa shape index (κ2) is 6.67. The van der Waals surface area contributed by atoms with Crippen molar-refractivity contribution in [2.24, 2.45) is 0 Å². The molecule has 0 aliphatic heterocycles. The van der Waals surface area contributed by atoms with Gasteiger partial charge in [0.15, 0.2) is 0 Å². The third kappa shape index (κ3) is 3.91. The predicted octanol–water partition coefficient (Wildman–Crippen LogP) is 5.62. The van der Waals surface area contributed by atoms with Gasteiger partial charge in [-0.05, 0) is 42.0 Å². The van der Waals surface area contributed by atoms with Crippen LogP contribution in [0, 0.1) is 11.3 Å². The van der Waals surface area contributed by atoms with Gasteiger partial charge in [0.2, 0.25) is 0 Å². The summed E-state index contributed by atoms with van der Waals surface area (Å²) in [5.74, 6) is 0. The average Bonchev–Trinajstić information content (AvgIpc) is 2.41. The molecule has 0 amide bonds. The van der Waals surface area contributed by atoms with Crippen molar-refractivity contribution in [2.45, 2.75) is 0 Å². The number of hydrogen-bond acceptors (Lipinski definition) is 2. The zero-order chi connectivity index (χ0) is 14.5. The smallest absolute Gasteiger partial charge is 0.118 e. The van der Waals surface area contributed by atoms with Crippen molar-refractivity contribution in [3.63, 3.8) is 0 Å². The summed E-state index contributed by atoms with van der Waals surface area (Å²) in [7, 11) is 0. The molecule has 0 atom stereocenters. The number of hydrogen-bond donors (Lipinski definition) is 1. The number of allylic oxidation sites excluding steroid dienone is 1. The Balaban J connectivity index is 2.28. The van der Waals surface area contributed by atoms with Gasteiger partial charge in [0.25, 0.3) is 0 Å². The fourth-order valence-electron chi connectivity index (χ4n) is 1.59. The normalized spacial score (nSPS) is 11.0. The molecule has 20 heavy (non-hydrogen) atoms. The number of halogens is 3. The largest absolute Gasteiger partial charge is 0.347 e. The molecule has 0 bridgehead atoms. The molecule has 2 aromatic rings. The van der Waals surface area contributed by atoms with Crippen LogP contribution in [-0.2, 0) is 0 Å². The third-order valence-corrected chi connectivity index (χ3v) is 3.28. The summed E-state index contributed by atoms with van der Waals surface area (Å²) in [4.78, 5) is 0. The van der Waals surface area contributed by atoms with Crippen LogP contribution < -0.4 is 5.32 Å². The van der Waals surface area contributed by atoms with Crippen molar-refractivity contribution in [3.8, 4) is 6.07 Å². The molecule has 0 spiro atoms. The van der Waals surface area contributed by atoms with Crippen LogP contribution in [0.1, 0.15) is 5.56 Å². The lowest BCUT2D eigenvalue weighted by molar-refractivity contribution is 1.44. The van der Waals surface area contributed by atoms with Gasteiger partial charge in [-0.25, -0.2) is 0 Å². The lowest BCUT2D eigenvalue weighted by Gasteiger charge is -2.06. The molecule has 0 unspecified atom stereocenters. The number of nitriles is 1. The molecular formula is C15H9Cl3N2. The highest BCUT2D eigenvalue weighted by Gasteiger charge is 2.02. The Hall–Kier alpha value is -1.66. The molecule has 0 fully saturated rings. The molecule has 1 N–H and O–H groups in total. The summed E-state index contributed by atoms with van der Waals surface area (Å²) >= 11 is 17.8. The molecule has 2 nitrogen and oxygen atoms in total. The molecule has 0 radical (unpaired) electrons. The molecule has 5 heteroatoms. The highest BCUT2D eigenvalue weighted by Crippen LogP contribution is 2.24. The van der Waals surface area contributed by atoms with Gasteiger partial charge in [-0.1, -0.05) is 46.9 Å². The van der Waals surface area contributed by atoms with E-state index in [0.29, 0.717) is 26.3 Å². The van der Waals surface area contributed by atoms with Crippen LogP contribution in [0.4, 0.5) is 5.69 Å². The van der Waals surface area contributed by atoms with Crippen molar-refractivity contribution in [3.05, 3.63) is 68.8 Å². The van der Waals surface area contributed by atoms with E-state index in [4.69, 9.17) is 34.8 Å². The molecule has 0 heterocycles. The maximum atomic E-state index is 9.18. The van der Waals surface area contributed by atoms with Gasteiger partial charge in [-0.2, -0.15) is 5.26 Å². The second-order valence-electron chi connectivity index (χ2n) is 3.97. The van der Waals surface area contributed by atoms with Crippen LogP contribution in [-0.4, -0.2) is 0 Å². The van der Waals surface area contributed by atoms with E-state index < -0.39 is 0 Å². The number of rotatable bonds is 3. The lowest BCUT2D eigenvalue weighted by Crippen LogP contribution is -1.97. The zero-order valence-corrected chi connectivity index (χ0v) is 12.5. The number of anilines is 1. The average molecular weight is 324 g/mol. The fraction of sp³-hybridized carbons (Fsp3) is 0. The topological polar surface area (TPSA) is 35.8 Å². The molecule has 0 aliphatic carbocycles.